The molecule has 1 heterocycles. The van der Waals surface area contributed by atoms with Gasteiger partial charge in [-0.3, -0.25) is 0 Å². The molecule has 0 saturated carbocycles. The fourth-order valence-electron chi connectivity index (χ4n) is 1.00. The molecule has 0 N–H and O–H groups in total. The molecule has 10 heavy (non-hydrogen) atoms. The molecule has 2 aromatic rings. The number of benzene rings is 1. The smallest absolute Gasteiger partial charge is 0.134 e. The summed E-state index contributed by atoms with van der Waals surface area (Å²) >= 11 is 0. The highest BCUT2D eigenvalue weighted by Crippen LogP contribution is 2.15. The van der Waals surface area contributed by atoms with E-state index < -0.39 is 0 Å². The molecule has 49 valence electrons. The van der Waals surface area contributed by atoms with Crippen LogP contribution in [0.4, 0.5) is 0 Å². The van der Waals surface area contributed by atoms with Crippen LogP contribution in [0.2, 0.25) is 0 Å². The minimum Gasteiger partial charge on any atom is -0.464 e. The highest BCUT2D eigenvalue weighted by Gasteiger charge is 1.94. The first-order valence-corrected chi connectivity index (χ1v) is 3.22. The van der Waals surface area contributed by atoms with Crippen LogP contribution < -0.4 is 0 Å². The van der Waals surface area contributed by atoms with Gasteiger partial charge < -0.3 is 4.42 Å². The van der Waals surface area contributed by atoms with Gasteiger partial charge in [0.2, 0.25) is 0 Å². The Labute approximate surface area is 59.3 Å². The summed E-state index contributed by atoms with van der Waals surface area (Å²) in [6.45, 7) is 2.04. The van der Waals surface area contributed by atoms with E-state index in [0.717, 1.165) is 11.0 Å². The third-order valence-corrected chi connectivity index (χ3v) is 1.54. The van der Waals surface area contributed by atoms with Crippen LogP contribution in [0, 0.1) is 13.0 Å². The maximum Gasteiger partial charge on any atom is 0.134 e. The van der Waals surface area contributed by atoms with Crippen molar-refractivity contribution in [3.63, 3.8) is 0 Å². The average molecular weight is 131 g/mol. The van der Waals surface area contributed by atoms with Gasteiger partial charge in [-0.25, -0.2) is 0 Å². The molecule has 0 spiro atoms. The van der Waals surface area contributed by atoms with Crippen LogP contribution >= 0.6 is 0 Å². The summed E-state index contributed by atoms with van der Waals surface area (Å²) < 4.78 is 5.14. The predicted molar refractivity (Wildman–Crippen MR) is 39.8 cm³/mol. The molecule has 0 fully saturated rings. The summed E-state index contributed by atoms with van der Waals surface area (Å²) in [4.78, 5) is 0. The molecule has 1 aromatic carbocycles. The van der Waals surface area contributed by atoms with Gasteiger partial charge in [0.25, 0.3) is 0 Å². The third-order valence-electron chi connectivity index (χ3n) is 1.54. The van der Waals surface area contributed by atoms with E-state index in [0.29, 0.717) is 0 Å². The van der Waals surface area contributed by atoms with E-state index in [9.17, 15) is 0 Å². The molecule has 0 atom stereocenters. The number of fused-ring (bicyclic) bond motifs is 1. The van der Waals surface area contributed by atoms with Crippen molar-refractivity contribution < 1.29 is 4.42 Å². The SMILES string of the molecule is Cc1ccc2[c]coc2c1. The third kappa shape index (κ3) is 0.711. The van der Waals surface area contributed by atoms with E-state index in [2.05, 4.69) is 6.07 Å². The zero-order valence-corrected chi connectivity index (χ0v) is 5.72. The highest BCUT2D eigenvalue weighted by molar-refractivity contribution is 5.76. The normalized spacial score (nSPS) is 10.5. The van der Waals surface area contributed by atoms with Crippen LogP contribution in [0.5, 0.6) is 0 Å². The molecule has 1 nitrogen and oxygen atoms in total. The van der Waals surface area contributed by atoms with E-state index in [-0.39, 0.29) is 0 Å². The Morgan fingerprint density at radius 2 is 2.30 bits per heavy atom. The molecule has 0 aliphatic rings. The van der Waals surface area contributed by atoms with Crippen molar-refractivity contribution in [2.24, 2.45) is 0 Å². The van der Waals surface area contributed by atoms with Gasteiger partial charge in [-0.2, -0.15) is 0 Å². The molecule has 0 amide bonds. The van der Waals surface area contributed by atoms with E-state index in [1.165, 1.54) is 5.56 Å². The highest BCUT2D eigenvalue weighted by atomic mass is 16.3. The molecular weight excluding hydrogens is 124 g/mol. The second kappa shape index (κ2) is 1.87. The van der Waals surface area contributed by atoms with Gasteiger partial charge in [0.1, 0.15) is 5.58 Å². The molecule has 1 heteroatoms. The summed E-state index contributed by atoms with van der Waals surface area (Å²) in [5.41, 5.74) is 2.14. The first-order valence-electron chi connectivity index (χ1n) is 3.22. The lowest BCUT2D eigenvalue weighted by molar-refractivity contribution is 0.615. The number of rotatable bonds is 0. The quantitative estimate of drug-likeness (QED) is 0.535. The molecule has 0 unspecified atom stereocenters. The second-order valence-electron chi connectivity index (χ2n) is 2.38. The van der Waals surface area contributed by atoms with Crippen LogP contribution in [-0.4, -0.2) is 0 Å². The molecular formula is C9H7O. The largest absolute Gasteiger partial charge is 0.464 e. The van der Waals surface area contributed by atoms with Crippen LogP contribution in [0.25, 0.3) is 11.0 Å². The topological polar surface area (TPSA) is 13.1 Å². The van der Waals surface area contributed by atoms with Crippen LogP contribution in [0.3, 0.4) is 0 Å². The van der Waals surface area contributed by atoms with Crippen molar-refractivity contribution in [3.8, 4) is 0 Å². The maximum absolute atomic E-state index is 5.14. The lowest BCUT2D eigenvalue weighted by Gasteiger charge is -1.88. The standard InChI is InChI=1S/C9H7O/c1-7-2-3-8-4-5-10-9(8)6-7/h2-3,5-6H,1H3. The van der Waals surface area contributed by atoms with Crippen molar-refractivity contribution in [1.82, 2.24) is 0 Å². The Hall–Kier alpha value is -1.24. The molecule has 0 aliphatic heterocycles. The summed E-state index contributed by atoms with van der Waals surface area (Å²) in [5.74, 6) is 0. The summed E-state index contributed by atoms with van der Waals surface area (Å²) in [6, 6.07) is 9.04. The van der Waals surface area contributed by atoms with Gasteiger partial charge in [0.15, 0.2) is 0 Å². The number of furan rings is 1. The Balaban J connectivity index is 2.86. The maximum atomic E-state index is 5.14. The van der Waals surface area contributed by atoms with Crippen LogP contribution in [-0.2, 0) is 0 Å². The van der Waals surface area contributed by atoms with E-state index in [4.69, 9.17) is 4.42 Å². The Morgan fingerprint density at radius 1 is 1.40 bits per heavy atom. The molecule has 2 rings (SSSR count). The Kier molecular flexibility index (Phi) is 1.04. The van der Waals surface area contributed by atoms with Crippen molar-refractivity contribution in [2.75, 3.05) is 0 Å². The van der Waals surface area contributed by atoms with E-state index in [1.807, 2.05) is 25.1 Å². The minimum atomic E-state index is 0.917. The Bertz CT molecular complexity index is 346. The van der Waals surface area contributed by atoms with Crippen molar-refractivity contribution >= 4 is 11.0 Å². The van der Waals surface area contributed by atoms with Gasteiger partial charge in [0.05, 0.1) is 6.26 Å². The molecule has 1 radical (unpaired) electrons. The number of hydrogen-bond acceptors (Lipinski definition) is 1. The lowest BCUT2D eigenvalue weighted by atomic mass is 10.2. The van der Waals surface area contributed by atoms with Crippen molar-refractivity contribution in [1.29, 1.82) is 0 Å². The fraction of sp³-hybridized carbons (Fsp3) is 0.111. The van der Waals surface area contributed by atoms with Gasteiger partial charge in [0, 0.05) is 11.5 Å². The zero-order valence-electron chi connectivity index (χ0n) is 5.72. The van der Waals surface area contributed by atoms with Gasteiger partial charge in [-0.1, -0.05) is 12.1 Å². The summed E-state index contributed by atoms with van der Waals surface area (Å²) in [6.07, 6.45) is 1.59. The van der Waals surface area contributed by atoms with Crippen LogP contribution in [0.15, 0.2) is 28.9 Å². The molecule has 1 aromatic heterocycles. The predicted octanol–water partition coefficient (Wildman–Crippen LogP) is 2.54. The van der Waals surface area contributed by atoms with Gasteiger partial charge in [-0.15, -0.1) is 0 Å². The van der Waals surface area contributed by atoms with Crippen molar-refractivity contribution in [3.05, 3.63) is 36.1 Å². The lowest BCUT2D eigenvalue weighted by Crippen LogP contribution is -1.67. The first kappa shape index (κ1) is 5.54. The first-order chi connectivity index (χ1) is 4.86. The number of aryl methyl sites for hydroxylation is 1. The molecule has 0 aliphatic carbocycles. The Morgan fingerprint density at radius 3 is 3.20 bits per heavy atom. The second-order valence-corrected chi connectivity index (χ2v) is 2.38. The number of hydrogen-bond donors (Lipinski definition) is 0. The van der Waals surface area contributed by atoms with E-state index >= 15 is 0 Å². The molecule has 0 bridgehead atoms. The van der Waals surface area contributed by atoms with Gasteiger partial charge >= 0.3 is 0 Å². The van der Waals surface area contributed by atoms with Gasteiger partial charge in [-0.05, 0) is 18.6 Å². The minimum absolute atomic E-state index is 0.917. The van der Waals surface area contributed by atoms with E-state index in [1.54, 1.807) is 6.26 Å². The van der Waals surface area contributed by atoms with Crippen molar-refractivity contribution in [2.45, 2.75) is 6.92 Å². The fourth-order valence-corrected chi connectivity index (χ4v) is 1.00. The average Bonchev–Trinajstić information content (AvgIpc) is 2.33. The molecule has 0 saturated heterocycles. The zero-order chi connectivity index (χ0) is 6.97. The summed E-state index contributed by atoms with van der Waals surface area (Å²) in [7, 11) is 0. The van der Waals surface area contributed by atoms with Crippen LogP contribution in [0.1, 0.15) is 5.56 Å². The monoisotopic (exact) mass is 131 g/mol. The summed E-state index contributed by atoms with van der Waals surface area (Å²) in [5, 5.41) is 1.05.